The van der Waals surface area contributed by atoms with Crippen molar-refractivity contribution >= 4 is 32.9 Å². The molecule has 0 amide bonds. The van der Waals surface area contributed by atoms with Gasteiger partial charge < -0.3 is 9.11 Å². The lowest BCUT2D eigenvalue weighted by molar-refractivity contribution is -0.949. The average Bonchev–Trinajstić information content (AvgIpc) is 3.07. The van der Waals surface area contributed by atoms with E-state index in [0.717, 1.165) is 27.8 Å². The third kappa shape index (κ3) is 12.9. The van der Waals surface area contributed by atoms with Crippen LogP contribution in [-0.4, -0.2) is 79.9 Å². The molecule has 0 N–H and O–H groups in total. The fourth-order valence-corrected chi connectivity index (χ4v) is 2.53. The predicted octanol–water partition coefficient (Wildman–Crippen LogP) is 0.299. The van der Waals surface area contributed by atoms with Gasteiger partial charge in [-0.25, -0.2) is 35.8 Å². The quantitative estimate of drug-likeness (QED) is 0.344. The molecule has 2 aliphatic heterocycles. The van der Waals surface area contributed by atoms with Crippen LogP contribution in [0, 0.1) is 0 Å². The van der Waals surface area contributed by atoms with Crippen molar-refractivity contribution in [1.82, 2.24) is 0 Å². The van der Waals surface area contributed by atoms with Crippen LogP contribution < -0.4 is 0 Å². The Balaban J connectivity index is 0.000000416. The summed E-state index contributed by atoms with van der Waals surface area (Å²) in [5, 5.41) is 0. The van der Waals surface area contributed by atoms with Crippen LogP contribution >= 0.6 is 0 Å². The zero-order chi connectivity index (χ0) is 21.2. The molecule has 0 saturated carbocycles. The van der Waals surface area contributed by atoms with E-state index in [1.54, 1.807) is 0 Å². The molecule has 0 radical (unpaired) electrons. The Bertz CT molecular complexity index is 748. The molecule has 0 saturated heterocycles. The summed E-state index contributed by atoms with van der Waals surface area (Å²) in [6.45, 7) is 7.05. The fraction of sp³-hybridized carbons (Fsp3) is 0.333. The van der Waals surface area contributed by atoms with Crippen molar-refractivity contribution < 1.29 is 34.9 Å². The SMILES string of the molecule is C=CCS(=O)(=O)[O-].C=CCS(=O)(=O)[O-].C[N+]1(C[N+]2(C)C=CN=C2)C=CN=C1. The molecule has 2 unspecified atom stereocenters. The van der Waals surface area contributed by atoms with E-state index >= 15 is 0 Å². The van der Waals surface area contributed by atoms with Crippen LogP contribution in [0.5, 0.6) is 0 Å². The van der Waals surface area contributed by atoms with E-state index in [-0.39, 0.29) is 0 Å². The van der Waals surface area contributed by atoms with Gasteiger partial charge in [0.15, 0.2) is 12.7 Å². The van der Waals surface area contributed by atoms with E-state index in [4.69, 9.17) is 0 Å². The summed E-state index contributed by atoms with van der Waals surface area (Å²) in [5.41, 5.74) is 0. The lowest BCUT2D eigenvalue weighted by atomic mass is 10.5. The Morgan fingerprint density at radius 3 is 1.33 bits per heavy atom. The second-order valence-corrected chi connectivity index (χ2v) is 8.88. The van der Waals surface area contributed by atoms with E-state index in [1.165, 1.54) is 0 Å². The Kier molecular flexibility index (Phi) is 9.64. The molecule has 2 atom stereocenters. The van der Waals surface area contributed by atoms with Gasteiger partial charge in [0.1, 0.15) is 12.4 Å². The first-order valence-electron chi connectivity index (χ1n) is 7.47. The zero-order valence-electron chi connectivity index (χ0n) is 15.2. The van der Waals surface area contributed by atoms with Gasteiger partial charge in [0.05, 0.1) is 58.2 Å². The van der Waals surface area contributed by atoms with Crippen LogP contribution in [0.2, 0.25) is 0 Å². The normalized spacial score (nSPS) is 25.3. The Morgan fingerprint density at radius 1 is 0.852 bits per heavy atom. The van der Waals surface area contributed by atoms with Crippen LogP contribution in [0.15, 0.2) is 60.1 Å². The molecule has 0 aromatic carbocycles. The summed E-state index contributed by atoms with van der Waals surface area (Å²) >= 11 is 0. The van der Waals surface area contributed by atoms with Gasteiger partial charge in [-0.2, -0.15) is 0 Å². The van der Waals surface area contributed by atoms with Crippen LogP contribution in [0.25, 0.3) is 0 Å². The van der Waals surface area contributed by atoms with Crippen molar-refractivity contribution in [2.45, 2.75) is 0 Å². The van der Waals surface area contributed by atoms with Crippen LogP contribution in [-0.2, 0) is 20.2 Å². The molecule has 152 valence electrons. The van der Waals surface area contributed by atoms with Gasteiger partial charge in [-0.3, -0.25) is 0 Å². The second-order valence-electron chi connectivity index (χ2n) is 5.99. The number of quaternary nitrogens is 2. The predicted molar refractivity (Wildman–Crippen MR) is 102 cm³/mol. The summed E-state index contributed by atoms with van der Waals surface area (Å²) in [4.78, 5) is 8.20. The highest BCUT2D eigenvalue weighted by atomic mass is 32.2. The van der Waals surface area contributed by atoms with Crippen molar-refractivity contribution in [2.24, 2.45) is 9.98 Å². The van der Waals surface area contributed by atoms with E-state index in [2.05, 4.69) is 49.6 Å². The lowest BCUT2D eigenvalue weighted by Crippen LogP contribution is -2.51. The van der Waals surface area contributed by atoms with Crippen LogP contribution in [0.4, 0.5) is 0 Å². The second kappa shape index (κ2) is 10.4. The molecule has 0 spiro atoms. The van der Waals surface area contributed by atoms with Gasteiger partial charge in [-0.1, -0.05) is 12.2 Å². The van der Waals surface area contributed by atoms with Crippen molar-refractivity contribution in [3.63, 3.8) is 0 Å². The first-order chi connectivity index (χ1) is 12.2. The Labute approximate surface area is 160 Å². The highest BCUT2D eigenvalue weighted by molar-refractivity contribution is 7.86. The highest BCUT2D eigenvalue weighted by Crippen LogP contribution is 2.15. The monoisotopic (exact) mass is 420 g/mol. The molecule has 10 nitrogen and oxygen atoms in total. The van der Waals surface area contributed by atoms with E-state index < -0.39 is 31.7 Å². The molecule has 0 aliphatic carbocycles. The fourth-order valence-electron chi connectivity index (χ4n) is 1.95. The highest BCUT2D eigenvalue weighted by Gasteiger charge is 2.32. The topological polar surface area (TPSA) is 139 Å². The molecular formula is C15H24N4O6S2. The first kappa shape index (κ1) is 25.0. The molecule has 0 bridgehead atoms. The van der Waals surface area contributed by atoms with Crippen molar-refractivity contribution in [1.29, 1.82) is 0 Å². The van der Waals surface area contributed by atoms with Crippen molar-refractivity contribution in [3.8, 4) is 0 Å². The van der Waals surface area contributed by atoms with Gasteiger partial charge in [0, 0.05) is 0 Å². The molecule has 2 rings (SSSR count). The number of hydrogen-bond acceptors (Lipinski definition) is 8. The van der Waals surface area contributed by atoms with E-state index in [0.29, 0.717) is 0 Å². The van der Waals surface area contributed by atoms with Gasteiger partial charge in [-0.15, -0.1) is 13.2 Å². The summed E-state index contributed by atoms with van der Waals surface area (Å²) in [6.07, 6.45) is 13.8. The zero-order valence-corrected chi connectivity index (χ0v) is 16.8. The first-order valence-corrected chi connectivity index (χ1v) is 10.6. The maximum absolute atomic E-state index is 9.60. The molecule has 0 fully saturated rings. The number of nitrogens with zero attached hydrogens (tertiary/aromatic N) is 4. The molecule has 2 heterocycles. The van der Waals surface area contributed by atoms with Crippen LogP contribution in [0.3, 0.4) is 0 Å². The minimum Gasteiger partial charge on any atom is -0.748 e. The van der Waals surface area contributed by atoms with Crippen LogP contribution in [0.1, 0.15) is 0 Å². The molecule has 12 heteroatoms. The van der Waals surface area contributed by atoms with E-state index in [9.17, 15) is 25.9 Å². The smallest absolute Gasteiger partial charge is 0.226 e. The maximum atomic E-state index is 9.60. The Morgan fingerprint density at radius 2 is 1.19 bits per heavy atom. The summed E-state index contributed by atoms with van der Waals surface area (Å²) in [6, 6.07) is 0. The standard InChI is InChI=1S/C9H14N4.2C3H6O3S/c1-12(5-3-10-7-12)9-13(2)6-4-11-8-13;2*1-2-3-7(4,5)6/h3-8H,9H2,1-2H3;2*2H,1,3H2,(H,4,5,6)/q+2;;/p-2. The largest absolute Gasteiger partial charge is 0.748 e. The minimum atomic E-state index is -4.04. The summed E-state index contributed by atoms with van der Waals surface area (Å²) in [5.74, 6) is -0.958. The van der Waals surface area contributed by atoms with E-state index in [1.807, 2.05) is 25.1 Å². The summed E-state index contributed by atoms with van der Waals surface area (Å²) < 4.78 is 59.1. The van der Waals surface area contributed by atoms with Gasteiger partial charge in [-0.05, 0) is 0 Å². The molecule has 2 aliphatic rings. The lowest BCUT2D eigenvalue weighted by Gasteiger charge is -2.29. The maximum Gasteiger partial charge on any atom is 0.226 e. The van der Waals surface area contributed by atoms with Crippen molar-refractivity contribution in [3.05, 3.63) is 50.1 Å². The molecular weight excluding hydrogens is 396 g/mol. The number of aliphatic imine (C=N–C) groups is 2. The minimum absolute atomic E-state index is 0.479. The van der Waals surface area contributed by atoms with Gasteiger partial charge in [0.2, 0.25) is 6.67 Å². The molecule has 0 aromatic rings. The van der Waals surface area contributed by atoms with Gasteiger partial charge >= 0.3 is 0 Å². The Hall–Kier alpha value is -1.96. The number of hydrogen-bond donors (Lipinski definition) is 0. The van der Waals surface area contributed by atoms with Gasteiger partial charge in [0.25, 0.3) is 0 Å². The molecule has 27 heavy (non-hydrogen) atoms. The third-order valence-electron chi connectivity index (χ3n) is 2.90. The molecule has 0 aromatic heterocycles. The summed E-state index contributed by atoms with van der Waals surface area (Å²) in [7, 11) is -3.84. The average molecular weight is 421 g/mol. The third-order valence-corrected chi connectivity index (χ3v) is 4.19. The number of rotatable bonds is 6. The van der Waals surface area contributed by atoms with Crippen molar-refractivity contribution in [2.75, 3.05) is 32.3 Å².